The summed E-state index contributed by atoms with van der Waals surface area (Å²) in [4.78, 5) is 44.0. The fourth-order valence-corrected chi connectivity index (χ4v) is 4.27. The van der Waals surface area contributed by atoms with E-state index in [9.17, 15) is 14.4 Å². The van der Waals surface area contributed by atoms with Crippen LogP contribution in [0.15, 0.2) is 79.1 Å². The van der Waals surface area contributed by atoms with Gasteiger partial charge < -0.3 is 15.0 Å². The first-order valence-electron chi connectivity index (χ1n) is 10.8. The molecule has 2 heterocycles. The number of likely N-dealkylation sites (tertiary alicyclic amines) is 1. The summed E-state index contributed by atoms with van der Waals surface area (Å²) >= 11 is 0. The van der Waals surface area contributed by atoms with Crippen LogP contribution in [0.3, 0.4) is 0 Å². The number of hydrogen-bond acceptors (Lipinski definition) is 5. The van der Waals surface area contributed by atoms with E-state index in [1.54, 1.807) is 47.5 Å². The number of anilines is 1. The maximum Gasteiger partial charge on any atom is 0.316 e. The number of ether oxygens (including phenoxy) is 1. The number of esters is 1. The van der Waals surface area contributed by atoms with E-state index in [0.29, 0.717) is 42.7 Å². The van der Waals surface area contributed by atoms with Crippen molar-refractivity contribution in [3.63, 3.8) is 0 Å². The SMILES string of the molecule is COC(=O)C1(c2ccccc2)CCN(C(=O)c2cccc(NC(=O)c3cccnc3)c2)CC1. The van der Waals surface area contributed by atoms with Gasteiger partial charge in [0, 0.05) is 36.7 Å². The van der Waals surface area contributed by atoms with Gasteiger partial charge in [-0.25, -0.2) is 0 Å². The van der Waals surface area contributed by atoms with E-state index >= 15 is 0 Å². The van der Waals surface area contributed by atoms with Crippen molar-refractivity contribution >= 4 is 23.5 Å². The van der Waals surface area contributed by atoms with Gasteiger partial charge in [-0.3, -0.25) is 19.4 Å². The van der Waals surface area contributed by atoms with Gasteiger partial charge in [0.1, 0.15) is 0 Å². The Morgan fingerprint density at radius 2 is 1.67 bits per heavy atom. The number of rotatable bonds is 5. The van der Waals surface area contributed by atoms with Crippen LogP contribution in [-0.4, -0.2) is 47.9 Å². The molecule has 3 aromatic rings. The number of pyridine rings is 1. The van der Waals surface area contributed by atoms with Gasteiger partial charge in [-0.05, 0) is 48.7 Å². The Bertz CT molecular complexity index is 1140. The lowest BCUT2D eigenvalue weighted by molar-refractivity contribution is -0.149. The highest BCUT2D eigenvalue weighted by Crippen LogP contribution is 2.37. The zero-order valence-corrected chi connectivity index (χ0v) is 18.4. The van der Waals surface area contributed by atoms with Gasteiger partial charge >= 0.3 is 5.97 Å². The summed E-state index contributed by atoms with van der Waals surface area (Å²) in [5.74, 6) is -0.712. The number of carbonyl (C=O) groups is 3. The number of piperidine rings is 1. The molecular weight excluding hydrogens is 418 g/mol. The number of aromatic nitrogens is 1. The highest BCUT2D eigenvalue weighted by Gasteiger charge is 2.44. The van der Waals surface area contributed by atoms with E-state index < -0.39 is 5.41 Å². The zero-order chi connectivity index (χ0) is 23.3. The second kappa shape index (κ2) is 9.65. The molecule has 4 rings (SSSR count). The molecule has 0 bridgehead atoms. The minimum Gasteiger partial charge on any atom is -0.468 e. The normalized spacial score (nSPS) is 14.9. The maximum atomic E-state index is 13.2. The van der Waals surface area contributed by atoms with Gasteiger partial charge in [-0.1, -0.05) is 36.4 Å². The number of hydrogen-bond donors (Lipinski definition) is 1. The van der Waals surface area contributed by atoms with Crippen LogP contribution in [0.25, 0.3) is 0 Å². The molecule has 1 fully saturated rings. The monoisotopic (exact) mass is 443 g/mol. The van der Waals surface area contributed by atoms with Crippen LogP contribution in [0.4, 0.5) is 5.69 Å². The van der Waals surface area contributed by atoms with Crippen molar-refractivity contribution in [3.05, 3.63) is 95.8 Å². The Kier molecular flexibility index (Phi) is 6.49. The van der Waals surface area contributed by atoms with Crippen molar-refractivity contribution in [2.75, 3.05) is 25.5 Å². The average Bonchev–Trinajstić information content (AvgIpc) is 2.89. The first-order chi connectivity index (χ1) is 16.0. The van der Waals surface area contributed by atoms with Crippen LogP contribution in [0, 0.1) is 0 Å². The Hall–Kier alpha value is -4.00. The molecular formula is C26H25N3O4. The van der Waals surface area contributed by atoms with Gasteiger partial charge in [0.05, 0.1) is 18.1 Å². The average molecular weight is 444 g/mol. The second-order valence-corrected chi connectivity index (χ2v) is 8.01. The number of nitrogens with one attached hydrogen (secondary N) is 1. The van der Waals surface area contributed by atoms with E-state index in [-0.39, 0.29) is 17.8 Å². The summed E-state index contributed by atoms with van der Waals surface area (Å²) in [7, 11) is 1.40. The van der Waals surface area contributed by atoms with Crippen molar-refractivity contribution < 1.29 is 19.1 Å². The number of benzene rings is 2. The van der Waals surface area contributed by atoms with Crippen molar-refractivity contribution in [2.24, 2.45) is 0 Å². The minimum atomic E-state index is -0.758. The second-order valence-electron chi connectivity index (χ2n) is 8.01. The van der Waals surface area contributed by atoms with Crippen molar-refractivity contribution in [2.45, 2.75) is 18.3 Å². The lowest BCUT2D eigenvalue weighted by Gasteiger charge is -2.40. The van der Waals surface area contributed by atoms with Crippen LogP contribution >= 0.6 is 0 Å². The van der Waals surface area contributed by atoms with Gasteiger partial charge in [0.15, 0.2) is 0 Å². The van der Waals surface area contributed by atoms with Gasteiger partial charge in [0.2, 0.25) is 0 Å². The number of nitrogens with zero attached hydrogens (tertiary/aromatic N) is 2. The molecule has 33 heavy (non-hydrogen) atoms. The van der Waals surface area contributed by atoms with Crippen molar-refractivity contribution in [1.29, 1.82) is 0 Å². The standard InChI is InChI=1S/C26H25N3O4/c1-33-25(32)26(21-9-3-2-4-10-21)12-15-29(16-13-26)24(31)19-7-5-11-22(17-19)28-23(30)20-8-6-14-27-18-20/h2-11,14,17-18H,12-13,15-16H2,1H3,(H,28,30). The molecule has 0 atom stereocenters. The summed E-state index contributed by atoms with van der Waals surface area (Å²) in [6.07, 6.45) is 4.04. The van der Waals surface area contributed by atoms with E-state index in [1.807, 2.05) is 30.3 Å². The minimum absolute atomic E-state index is 0.140. The van der Waals surface area contributed by atoms with Gasteiger partial charge in [0.25, 0.3) is 11.8 Å². The molecule has 0 radical (unpaired) electrons. The van der Waals surface area contributed by atoms with Crippen molar-refractivity contribution in [3.8, 4) is 0 Å². The molecule has 1 N–H and O–H groups in total. The van der Waals surface area contributed by atoms with Crippen LogP contribution < -0.4 is 5.32 Å². The third kappa shape index (κ3) is 4.62. The topological polar surface area (TPSA) is 88.6 Å². The molecule has 7 heteroatoms. The zero-order valence-electron chi connectivity index (χ0n) is 18.4. The summed E-state index contributed by atoms with van der Waals surface area (Å²) in [5.41, 5.74) is 1.59. The Balaban J connectivity index is 1.47. The summed E-state index contributed by atoms with van der Waals surface area (Å²) in [6.45, 7) is 0.851. The molecule has 2 amide bonds. The molecule has 1 aromatic heterocycles. The molecule has 7 nitrogen and oxygen atoms in total. The molecule has 1 aliphatic heterocycles. The van der Waals surface area contributed by atoms with E-state index in [2.05, 4.69) is 10.3 Å². The molecule has 0 aliphatic carbocycles. The summed E-state index contributed by atoms with van der Waals surface area (Å²) in [6, 6.07) is 19.8. The summed E-state index contributed by atoms with van der Waals surface area (Å²) in [5, 5.41) is 2.80. The van der Waals surface area contributed by atoms with Crippen LogP contribution in [0.1, 0.15) is 39.1 Å². The molecule has 1 saturated heterocycles. The predicted octanol–water partition coefficient (Wildman–Crippen LogP) is 3.68. The van der Waals surface area contributed by atoms with Crippen LogP contribution in [0.2, 0.25) is 0 Å². The molecule has 0 unspecified atom stereocenters. The molecule has 0 saturated carbocycles. The first-order valence-corrected chi connectivity index (χ1v) is 10.8. The van der Waals surface area contributed by atoms with E-state index in [0.717, 1.165) is 5.56 Å². The molecule has 168 valence electrons. The summed E-state index contributed by atoms with van der Waals surface area (Å²) < 4.78 is 5.13. The first kappa shape index (κ1) is 22.2. The van der Waals surface area contributed by atoms with E-state index in [1.165, 1.54) is 13.3 Å². The smallest absolute Gasteiger partial charge is 0.316 e. The Morgan fingerprint density at radius 3 is 2.33 bits per heavy atom. The lowest BCUT2D eigenvalue weighted by atomic mass is 9.72. The highest BCUT2D eigenvalue weighted by atomic mass is 16.5. The van der Waals surface area contributed by atoms with Gasteiger partial charge in [-0.2, -0.15) is 0 Å². The third-order valence-electron chi connectivity index (χ3n) is 6.10. The largest absolute Gasteiger partial charge is 0.468 e. The van der Waals surface area contributed by atoms with Crippen molar-refractivity contribution in [1.82, 2.24) is 9.88 Å². The van der Waals surface area contributed by atoms with Crippen LogP contribution in [0.5, 0.6) is 0 Å². The quantitative estimate of drug-likeness (QED) is 0.608. The Labute approximate surface area is 192 Å². The Morgan fingerprint density at radius 1 is 0.939 bits per heavy atom. The fraction of sp³-hybridized carbons (Fsp3) is 0.231. The van der Waals surface area contributed by atoms with Crippen LogP contribution in [-0.2, 0) is 14.9 Å². The molecule has 0 spiro atoms. The van der Waals surface area contributed by atoms with Gasteiger partial charge in [-0.15, -0.1) is 0 Å². The number of carbonyl (C=O) groups excluding carboxylic acids is 3. The molecule has 2 aromatic carbocycles. The third-order valence-corrected chi connectivity index (χ3v) is 6.10. The fourth-order valence-electron chi connectivity index (χ4n) is 4.27. The van der Waals surface area contributed by atoms with E-state index in [4.69, 9.17) is 4.74 Å². The maximum absolute atomic E-state index is 13.2. The predicted molar refractivity (Wildman–Crippen MR) is 124 cm³/mol. The molecule has 1 aliphatic rings. The number of methoxy groups -OCH3 is 1. The lowest BCUT2D eigenvalue weighted by Crippen LogP contribution is -2.49. The number of amides is 2. The highest BCUT2D eigenvalue weighted by molar-refractivity contribution is 6.05.